The number of benzene rings is 2. The van der Waals surface area contributed by atoms with Crippen LogP contribution in [-0.2, 0) is 23.3 Å². The number of amides is 3. The Balaban J connectivity index is 1.72. The summed E-state index contributed by atoms with van der Waals surface area (Å²) < 4.78 is 5.19. The summed E-state index contributed by atoms with van der Waals surface area (Å²) >= 11 is 0. The van der Waals surface area contributed by atoms with E-state index in [-0.39, 0.29) is 12.5 Å². The number of hydrogen-bond acceptors (Lipinski definition) is 4. The maximum absolute atomic E-state index is 13.4. The van der Waals surface area contributed by atoms with Crippen molar-refractivity contribution in [2.45, 2.75) is 25.4 Å². The van der Waals surface area contributed by atoms with Crippen LogP contribution in [-0.4, -0.2) is 22.0 Å². The average molecular weight is 361 g/mol. The van der Waals surface area contributed by atoms with Crippen LogP contribution >= 0.6 is 0 Å². The van der Waals surface area contributed by atoms with E-state index >= 15 is 0 Å². The molecule has 0 spiro atoms. The third-order valence-corrected chi connectivity index (χ3v) is 4.75. The van der Waals surface area contributed by atoms with E-state index in [2.05, 4.69) is 10.5 Å². The van der Waals surface area contributed by atoms with Crippen molar-refractivity contribution in [2.75, 3.05) is 0 Å². The molecule has 136 valence electrons. The standard InChI is InChI=1S/C21H19N3O3/c1-15-12-18(27-23-15)14-24-19(25)21(22-20(24)26,17-10-6-3-7-11-17)13-16-8-4-2-5-9-16/h2-12H,13-14H2,1H3,(H,22,26)/t21-/m1/s1. The number of nitrogens with zero attached hydrogens (tertiary/aromatic N) is 2. The van der Waals surface area contributed by atoms with E-state index in [0.717, 1.165) is 11.1 Å². The maximum atomic E-state index is 13.4. The monoisotopic (exact) mass is 361 g/mol. The molecule has 1 aromatic heterocycles. The summed E-state index contributed by atoms with van der Waals surface area (Å²) in [5.41, 5.74) is 1.28. The molecule has 1 N–H and O–H groups in total. The van der Waals surface area contributed by atoms with Crippen LogP contribution in [0.2, 0.25) is 0 Å². The van der Waals surface area contributed by atoms with Gasteiger partial charge in [0, 0.05) is 12.5 Å². The lowest BCUT2D eigenvalue weighted by Gasteiger charge is -2.27. The molecule has 4 rings (SSSR count). The molecule has 1 aliphatic rings. The van der Waals surface area contributed by atoms with Gasteiger partial charge >= 0.3 is 6.03 Å². The molecule has 27 heavy (non-hydrogen) atoms. The van der Waals surface area contributed by atoms with Crippen LogP contribution in [0, 0.1) is 6.92 Å². The molecule has 1 atom stereocenters. The zero-order valence-electron chi connectivity index (χ0n) is 14.9. The zero-order valence-corrected chi connectivity index (χ0v) is 14.9. The minimum atomic E-state index is -1.14. The molecule has 0 aliphatic carbocycles. The second-order valence-corrected chi connectivity index (χ2v) is 6.69. The molecule has 0 bridgehead atoms. The van der Waals surface area contributed by atoms with E-state index < -0.39 is 11.6 Å². The van der Waals surface area contributed by atoms with E-state index in [4.69, 9.17) is 4.52 Å². The number of carbonyl (C=O) groups excluding carboxylic acids is 2. The van der Waals surface area contributed by atoms with E-state index in [1.165, 1.54) is 4.90 Å². The minimum Gasteiger partial charge on any atom is -0.359 e. The molecule has 0 unspecified atom stereocenters. The van der Waals surface area contributed by atoms with Crippen LogP contribution in [0.5, 0.6) is 0 Å². The lowest BCUT2D eigenvalue weighted by atomic mass is 9.83. The van der Waals surface area contributed by atoms with Gasteiger partial charge in [0.1, 0.15) is 0 Å². The summed E-state index contributed by atoms with van der Waals surface area (Å²) in [4.78, 5) is 27.3. The number of urea groups is 1. The van der Waals surface area contributed by atoms with Gasteiger partial charge in [-0.2, -0.15) is 0 Å². The van der Waals surface area contributed by atoms with Crippen LogP contribution < -0.4 is 5.32 Å². The Morgan fingerprint density at radius 2 is 1.70 bits per heavy atom. The number of aryl methyl sites for hydroxylation is 1. The molecule has 2 heterocycles. The highest BCUT2D eigenvalue weighted by molar-refractivity contribution is 6.07. The van der Waals surface area contributed by atoms with Crippen molar-refractivity contribution >= 4 is 11.9 Å². The quantitative estimate of drug-likeness (QED) is 0.708. The first-order chi connectivity index (χ1) is 13.1. The van der Waals surface area contributed by atoms with Crippen molar-refractivity contribution in [3.63, 3.8) is 0 Å². The van der Waals surface area contributed by atoms with Gasteiger partial charge in [0.05, 0.1) is 12.2 Å². The van der Waals surface area contributed by atoms with E-state index in [0.29, 0.717) is 17.9 Å². The summed E-state index contributed by atoms with van der Waals surface area (Å²) in [6.45, 7) is 1.84. The molecule has 6 heteroatoms. The van der Waals surface area contributed by atoms with Gasteiger partial charge in [0.2, 0.25) is 0 Å². The van der Waals surface area contributed by atoms with Crippen LogP contribution in [0.1, 0.15) is 22.6 Å². The molecular weight excluding hydrogens is 342 g/mol. The van der Waals surface area contributed by atoms with Crippen LogP contribution in [0.4, 0.5) is 4.79 Å². The minimum absolute atomic E-state index is 0.0505. The fourth-order valence-corrected chi connectivity index (χ4v) is 3.46. The second kappa shape index (κ2) is 6.72. The van der Waals surface area contributed by atoms with Gasteiger partial charge in [0.15, 0.2) is 11.3 Å². The number of imide groups is 1. The van der Waals surface area contributed by atoms with Crippen LogP contribution in [0.25, 0.3) is 0 Å². The highest BCUT2D eigenvalue weighted by Gasteiger charge is 2.52. The first kappa shape index (κ1) is 17.0. The van der Waals surface area contributed by atoms with Gasteiger partial charge in [0.25, 0.3) is 5.91 Å². The third kappa shape index (κ3) is 3.10. The smallest absolute Gasteiger partial charge is 0.325 e. The van der Waals surface area contributed by atoms with Crippen LogP contribution in [0.15, 0.2) is 71.3 Å². The van der Waals surface area contributed by atoms with E-state index in [1.54, 1.807) is 13.0 Å². The topological polar surface area (TPSA) is 75.4 Å². The number of aromatic nitrogens is 1. The maximum Gasteiger partial charge on any atom is 0.325 e. The number of nitrogens with one attached hydrogen (secondary N) is 1. The summed E-state index contributed by atoms with van der Waals surface area (Å²) in [6, 6.07) is 20.3. The molecule has 3 amide bonds. The Bertz CT molecular complexity index is 969. The van der Waals surface area contributed by atoms with Gasteiger partial charge in [-0.1, -0.05) is 65.8 Å². The average Bonchev–Trinajstić information content (AvgIpc) is 3.20. The first-order valence-electron chi connectivity index (χ1n) is 8.74. The summed E-state index contributed by atoms with van der Waals surface area (Å²) in [6.07, 6.45) is 0.369. The Hall–Kier alpha value is -3.41. The van der Waals surface area contributed by atoms with Crippen molar-refractivity contribution in [1.82, 2.24) is 15.4 Å². The molecule has 1 saturated heterocycles. The Morgan fingerprint density at radius 1 is 1.04 bits per heavy atom. The van der Waals surface area contributed by atoms with Gasteiger partial charge < -0.3 is 9.84 Å². The van der Waals surface area contributed by atoms with Crippen molar-refractivity contribution in [3.05, 3.63) is 89.3 Å². The highest BCUT2D eigenvalue weighted by atomic mass is 16.5. The van der Waals surface area contributed by atoms with Crippen molar-refractivity contribution < 1.29 is 14.1 Å². The molecule has 0 saturated carbocycles. The highest BCUT2D eigenvalue weighted by Crippen LogP contribution is 2.33. The SMILES string of the molecule is Cc1cc(CN2C(=O)N[C@](Cc3ccccc3)(c3ccccc3)C2=O)on1. The summed E-state index contributed by atoms with van der Waals surface area (Å²) in [5, 5.41) is 6.76. The van der Waals surface area contributed by atoms with Crippen molar-refractivity contribution in [3.8, 4) is 0 Å². The second-order valence-electron chi connectivity index (χ2n) is 6.69. The Kier molecular flexibility index (Phi) is 4.24. The summed E-state index contributed by atoms with van der Waals surface area (Å²) in [5.74, 6) is 0.177. The van der Waals surface area contributed by atoms with Gasteiger partial charge in [-0.05, 0) is 18.1 Å². The lowest BCUT2D eigenvalue weighted by Crippen LogP contribution is -2.46. The molecule has 2 aromatic carbocycles. The molecule has 3 aromatic rings. The number of carbonyl (C=O) groups is 2. The number of hydrogen-bond donors (Lipinski definition) is 1. The van der Waals surface area contributed by atoms with Gasteiger partial charge in [-0.3, -0.25) is 9.69 Å². The Labute approximate surface area is 156 Å². The normalized spacial score (nSPS) is 19.4. The first-order valence-corrected chi connectivity index (χ1v) is 8.74. The predicted octanol–water partition coefficient (Wildman–Crippen LogP) is 3.17. The largest absolute Gasteiger partial charge is 0.359 e. The lowest BCUT2D eigenvalue weighted by molar-refractivity contribution is -0.132. The van der Waals surface area contributed by atoms with E-state index in [1.807, 2.05) is 60.7 Å². The molecule has 6 nitrogen and oxygen atoms in total. The molecule has 1 aliphatic heterocycles. The van der Waals surface area contributed by atoms with Crippen molar-refractivity contribution in [1.29, 1.82) is 0 Å². The fraction of sp³-hybridized carbons (Fsp3) is 0.190. The third-order valence-electron chi connectivity index (χ3n) is 4.75. The summed E-state index contributed by atoms with van der Waals surface area (Å²) in [7, 11) is 0. The Morgan fingerprint density at radius 3 is 2.33 bits per heavy atom. The van der Waals surface area contributed by atoms with Gasteiger partial charge in [-0.15, -0.1) is 0 Å². The molecular formula is C21H19N3O3. The number of rotatable bonds is 5. The van der Waals surface area contributed by atoms with Crippen molar-refractivity contribution in [2.24, 2.45) is 0 Å². The van der Waals surface area contributed by atoms with E-state index in [9.17, 15) is 9.59 Å². The molecule has 0 radical (unpaired) electrons. The zero-order chi connectivity index (χ0) is 18.9. The van der Waals surface area contributed by atoms with Gasteiger partial charge in [-0.25, -0.2) is 4.79 Å². The van der Waals surface area contributed by atoms with Crippen LogP contribution in [0.3, 0.4) is 0 Å². The molecule has 1 fully saturated rings. The fourth-order valence-electron chi connectivity index (χ4n) is 3.46. The predicted molar refractivity (Wildman–Crippen MR) is 98.6 cm³/mol.